The van der Waals surface area contributed by atoms with Crippen molar-refractivity contribution in [1.29, 1.82) is 0 Å². The van der Waals surface area contributed by atoms with E-state index in [1.54, 1.807) is 23.2 Å². The number of carbonyl (C=O) groups is 1. The maximum Gasteiger partial charge on any atom is 0.321 e. The van der Waals surface area contributed by atoms with E-state index < -0.39 is 0 Å². The summed E-state index contributed by atoms with van der Waals surface area (Å²) in [5, 5.41) is 3.55. The second-order valence-electron chi connectivity index (χ2n) is 7.19. The number of amides is 2. The summed E-state index contributed by atoms with van der Waals surface area (Å²) in [5.74, 6) is 1.30. The van der Waals surface area contributed by atoms with Crippen LogP contribution >= 0.6 is 23.3 Å². The zero-order valence-corrected chi connectivity index (χ0v) is 19.1. The number of nitrogens with zero attached hydrogens (tertiary/aromatic N) is 6. The first kappa shape index (κ1) is 22.0. The molecule has 1 aliphatic rings. The zero-order chi connectivity index (χ0) is 22.5. The predicted octanol–water partition coefficient (Wildman–Crippen LogP) is 3.06. The van der Waals surface area contributed by atoms with E-state index in [1.807, 2.05) is 19.1 Å². The van der Waals surface area contributed by atoms with Crippen molar-refractivity contribution in [3.63, 3.8) is 0 Å². The number of nitrogens with two attached hydrogens (primary N) is 1. The minimum Gasteiger partial charge on any atom is -0.468 e. The van der Waals surface area contributed by atoms with Gasteiger partial charge in [-0.15, -0.1) is 4.37 Å². The van der Waals surface area contributed by atoms with Crippen molar-refractivity contribution in [2.75, 3.05) is 42.1 Å². The molecule has 2 aromatic heterocycles. The smallest absolute Gasteiger partial charge is 0.321 e. The third-order valence-corrected chi connectivity index (χ3v) is 5.73. The van der Waals surface area contributed by atoms with Gasteiger partial charge in [0.05, 0.1) is 17.4 Å². The second kappa shape index (κ2) is 9.96. The Hall–Kier alpha value is -3.18. The van der Waals surface area contributed by atoms with Gasteiger partial charge < -0.3 is 25.6 Å². The lowest BCUT2D eigenvalue weighted by Gasteiger charge is -2.34. The van der Waals surface area contributed by atoms with Gasteiger partial charge in [0.2, 0.25) is 11.8 Å². The fourth-order valence-electron chi connectivity index (χ4n) is 3.35. The summed E-state index contributed by atoms with van der Waals surface area (Å²) in [6.45, 7) is 4.59. The molecule has 10 nitrogen and oxygen atoms in total. The van der Waals surface area contributed by atoms with Crippen molar-refractivity contribution in [3.8, 4) is 5.88 Å². The third kappa shape index (κ3) is 5.35. The van der Waals surface area contributed by atoms with Crippen molar-refractivity contribution in [1.82, 2.24) is 23.6 Å². The van der Waals surface area contributed by atoms with Gasteiger partial charge in [-0.3, -0.25) is 0 Å². The highest BCUT2D eigenvalue weighted by molar-refractivity contribution is 6.99. The zero-order valence-electron chi connectivity index (χ0n) is 17.5. The van der Waals surface area contributed by atoms with Gasteiger partial charge in [-0.2, -0.15) is 4.37 Å². The number of benzene rings is 1. The number of nitrogen functional groups attached to an aromatic ring is 1. The van der Waals surface area contributed by atoms with E-state index >= 15 is 0 Å². The molecule has 0 bridgehead atoms. The Morgan fingerprint density at radius 3 is 2.81 bits per heavy atom. The Morgan fingerprint density at radius 1 is 1.25 bits per heavy atom. The van der Waals surface area contributed by atoms with Crippen LogP contribution in [0.25, 0.3) is 0 Å². The molecule has 0 saturated carbocycles. The van der Waals surface area contributed by atoms with E-state index in [-0.39, 0.29) is 18.6 Å². The van der Waals surface area contributed by atoms with E-state index in [0.717, 1.165) is 23.7 Å². The standard InChI is InChI=1S/C20H23ClN8O2S/c1-2-13-9-14(21)11-16(10-13)25-20(30)29-7-5-28(6-8-29)17-18(27-32-26-17)31-12-15-3-4-23-19(22)24-15/h3-4,9-11H,2,5-8,12H2,1H3,(H,25,30)(H2,22,23,24). The molecule has 2 amide bonds. The summed E-state index contributed by atoms with van der Waals surface area (Å²) < 4.78 is 14.4. The number of anilines is 3. The number of hydrogen-bond donors (Lipinski definition) is 2. The highest BCUT2D eigenvalue weighted by Crippen LogP contribution is 2.27. The number of piperazine rings is 1. The summed E-state index contributed by atoms with van der Waals surface area (Å²) in [5.41, 5.74) is 8.04. The first-order valence-corrected chi connectivity index (χ1v) is 11.3. The maximum absolute atomic E-state index is 12.7. The van der Waals surface area contributed by atoms with Crippen LogP contribution < -0.4 is 20.7 Å². The highest BCUT2D eigenvalue weighted by Gasteiger charge is 2.25. The van der Waals surface area contributed by atoms with Gasteiger partial charge >= 0.3 is 6.03 Å². The second-order valence-corrected chi connectivity index (χ2v) is 8.16. The maximum atomic E-state index is 12.7. The molecule has 12 heteroatoms. The molecule has 1 aromatic carbocycles. The number of carbonyl (C=O) groups excluding carboxylic acids is 1. The Labute approximate surface area is 194 Å². The van der Waals surface area contributed by atoms with Crippen LogP contribution in [0, 0.1) is 0 Å². The molecule has 3 N–H and O–H groups in total. The van der Waals surface area contributed by atoms with Gasteiger partial charge in [0.1, 0.15) is 6.61 Å². The van der Waals surface area contributed by atoms with Crippen molar-refractivity contribution in [3.05, 3.63) is 46.7 Å². The topological polar surface area (TPSA) is 122 Å². The quantitative estimate of drug-likeness (QED) is 0.558. The largest absolute Gasteiger partial charge is 0.468 e. The summed E-state index contributed by atoms with van der Waals surface area (Å²) in [4.78, 5) is 24.5. The molecule has 1 saturated heterocycles. The van der Waals surface area contributed by atoms with E-state index in [0.29, 0.717) is 54.3 Å². The van der Waals surface area contributed by atoms with Gasteiger partial charge in [-0.1, -0.05) is 18.5 Å². The van der Waals surface area contributed by atoms with E-state index in [2.05, 4.69) is 28.9 Å². The third-order valence-electron chi connectivity index (χ3n) is 5.01. The molecular formula is C20H23ClN8O2S. The van der Waals surface area contributed by atoms with Crippen LogP contribution in [0.5, 0.6) is 5.88 Å². The van der Waals surface area contributed by atoms with Gasteiger partial charge in [0.25, 0.3) is 5.88 Å². The average Bonchev–Trinajstić information content (AvgIpc) is 3.26. The minimum absolute atomic E-state index is 0.150. The fourth-order valence-corrected chi connectivity index (χ4v) is 4.12. The molecule has 1 fully saturated rings. The van der Waals surface area contributed by atoms with Crippen LogP contribution in [0.15, 0.2) is 30.5 Å². The molecule has 0 spiro atoms. The highest BCUT2D eigenvalue weighted by atomic mass is 35.5. The molecule has 3 aromatic rings. The lowest BCUT2D eigenvalue weighted by Crippen LogP contribution is -2.50. The number of nitrogens with one attached hydrogen (secondary N) is 1. The van der Waals surface area contributed by atoms with Crippen LogP contribution in [0.1, 0.15) is 18.2 Å². The van der Waals surface area contributed by atoms with Crippen LogP contribution in [-0.4, -0.2) is 55.8 Å². The van der Waals surface area contributed by atoms with Gasteiger partial charge in [-0.25, -0.2) is 14.8 Å². The number of ether oxygens (including phenoxy) is 1. The molecule has 0 unspecified atom stereocenters. The summed E-state index contributed by atoms with van der Waals surface area (Å²) in [6, 6.07) is 7.18. The fraction of sp³-hybridized carbons (Fsp3) is 0.350. The number of hydrogen-bond acceptors (Lipinski definition) is 9. The van der Waals surface area contributed by atoms with Gasteiger partial charge in [0.15, 0.2) is 0 Å². The van der Waals surface area contributed by atoms with Crippen molar-refractivity contribution in [2.45, 2.75) is 20.0 Å². The molecule has 0 atom stereocenters. The molecule has 1 aliphatic heterocycles. The predicted molar refractivity (Wildman–Crippen MR) is 124 cm³/mol. The van der Waals surface area contributed by atoms with Crippen molar-refractivity contribution in [2.24, 2.45) is 0 Å². The molecular weight excluding hydrogens is 452 g/mol. The molecule has 0 radical (unpaired) electrons. The van der Waals surface area contributed by atoms with Gasteiger partial charge in [-0.05, 0) is 36.2 Å². The van der Waals surface area contributed by atoms with Crippen LogP contribution in [0.2, 0.25) is 5.02 Å². The lowest BCUT2D eigenvalue weighted by atomic mass is 10.1. The van der Waals surface area contributed by atoms with Crippen LogP contribution in [-0.2, 0) is 13.0 Å². The average molecular weight is 475 g/mol. The number of urea groups is 1. The molecule has 0 aliphatic carbocycles. The molecule has 32 heavy (non-hydrogen) atoms. The van der Waals surface area contributed by atoms with Crippen molar-refractivity contribution < 1.29 is 9.53 Å². The van der Waals surface area contributed by atoms with E-state index in [4.69, 9.17) is 22.1 Å². The normalized spacial score (nSPS) is 13.8. The Bertz CT molecular complexity index is 1090. The Morgan fingerprint density at radius 2 is 2.06 bits per heavy atom. The lowest BCUT2D eigenvalue weighted by molar-refractivity contribution is 0.208. The first-order valence-electron chi connectivity index (χ1n) is 10.1. The first-order chi connectivity index (χ1) is 15.5. The number of rotatable bonds is 6. The minimum atomic E-state index is -0.150. The molecule has 3 heterocycles. The Balaban J connectivity index is 1.33. The summed E-state index contributed by atoms with van der Waals surface area (Å²) >= 11 is 7.24. The molecule has 168 valence electrons. The van der Waals surface area contributed by atoms with E-state index in [1.165, 1.54) is 0 Å². The number of aromatic nitrogens is 4. The monoisotopic (exact) mass is 474 g/mol. The molecule has 4 rings (SSSR count). The number of halogens is 1. The van der Waals surface area contributed by atoms with Crippen LogP contribution in [0.3, 0.4) is 0 Å². The summed E-state index contributed by atoms with van der Waals surface area (Å²) in [7, 11) is 0. The van der Waals surface area contributed by atoms with E-state index in [9.17, 15) is 4.79 Å². The summed E-state index contributed by atoms with van der Waals surface area (Å²) in [6.07, 6.45) is 2.43. The number of aryl methyl sites for hydroxylation is 1. The SMILES string of the molecule is CCc1cc(Cl)cc(NC(=O)N2CCN(c3nsnc3OCc3ccnc(N)n3)CC2)c1. The van der Waals surface area contributed by atoms with Gasteiger partial charge in [0, 0.05) is 43.1 Å². The Kier molecular flexibility index (Phi) is 6.86. The van der Waals surface area contributed by atoms with Crippen molar-refractivity contribution >= 4 is 46.8 Å². The van der Waals surface area contributed by atoms with Crippen LogP contribution in [0.4, 0.5) is 22.2 Å².